The largest absolute Gasteiger partial charge is 0.390 e. The molecule has 54 valence electrons. The van der Waals surface area contributed by atoms with Crippen LogP contribution < -0.4 is 5.73 Å². The summed E-state index contributed by atoms with van der Waals surface area (Å²) in [5, 5.41) is 8.86. The predicted molar refractivity (Wildman–Crippen MR) is 32.7 cm³/mol. The maximum Gasteiger partial charge on any atom is 0.127 e. The quantitative estimate of drug-likeness (QED) is 0.495. The fraction of sp³-hybridized carbons (Fsp3) is 1.00. The number of hydrogen-bond donors (Lipinski definition) is 2. The Hall–Kier alpha value is -0.150. The van der Waals surface area contributed by atoms with Gasteiger partial charge in [0.25, 0.3) is 0 Å². The maximum atomic E-state index is 12.5. The van der Waals surface area contributed by atoms with Gasteiger partial charge in [-0.25, -0.2) is 4.39 Å². The molecule has 0 unspecified atom stereocenters. The first-order chi connectivity index (χ1) is 4.20. The third-order valence-electron chi connectivity index (χ3n) is 1.78. The van der Waals surface area contributed by atoms with Gasteiger partial charge in [0.15, 0.2) is 0 Å². The standard InChI is InChI=1S/C6H12FNO/c7-5-3-4(8)1-2-6(5)9/h4-6,9H,1-3,8H2/t4-,5+,6+/m1/s1. The van der Waals surface area contributed by atoms with E-state index in [1.807, 2.05) is 0 Å². The molecule has 9 heavy (non-hydrogen) atoms. The number of nitrogens with two attached hydrogens (primary N) is 1. The van der Waals surface area contributed by atoms with E-state index in [0.29, 0.717) is 12.8 Å². The van der Waals surface area contributed by atoms with Gasteiger partial charge in [0, 0.05) is 6.04 Å². The lowest BCUT2D eigenvalue weighted by Crippen LogP contribution is -2.37. The van der Waals surface area contributed by atoms with Gasteiger partial charge in [0.1, 0.15) is 6.17 Å². The number of aliphatic hydroxyl groups excluding tert-OH is 1. The summed E-state index contributed by atoms with van der Waals surface area (Å²) >= 11 is 0. The Kier molecular flexibility index (Phi) is 2.03. The highest BCUT2D eigenvalue weighted by Crippen LogP contribution is 2.19. The molecule has 2 nitrogen and oxygen atoms in total. The van der Waals surface area contributed by atoms with Crippen LogP contribution in [0, 0.1) is 0 Å². The molecule has 3 heteroatoms. The lowest BCUT2D eigenvalue weighted by atomic mass is 9.92. The summed E-state index contributed by atoms with van der Waals surface area (Å²) in [6.45, 7) is 0. The number of alkyl halides is 1. The van der Waals surface area contributed by atoms with Crippen LogP contribution >= 0.6 is 0 Å². The van der Waals surface area contributed by atoms with E-state index in [1.54, 1.807) is 0 Å². The van der Waals surface area contributed by atoms with E-state index >= 15 is 0 Å². The van der Waals surface area contributed by atoms with E-state index < -0.39 is 12.3 Å². The van der Waals surface area contributed by atoms with E-state index in [1.165, 1.54) is 0 Å². The molecule has 0 radical (unpaired) electrons. The van der Waals surface area contributed by atoms with Crippen molar-refractivity contribution in [1.29, 1.82) is 0 Å². The van der Waals surface area contributed by atoms with E-state index in [-0.39, 0.29) is 6.04 Å². The zero-order chi connectivity index (χ0) is 6.85. The zero-order valence-electron chi connectivity index (χ0n) is 5.26. The van der Waals surface area contributed by atoms with Gasteiger partial charge in [-0.15, -0.1) is 0 Å². The summed E-state index contributed by atoms with van der Waals surface area (Å²) in [5.41, 5.74) is 5.44. The average molecular weight is 133 g/mol. The second-order valence-corrected chi connectivity index (χ2v) is 2.66. The van der Waals surface area contributed by atoms with E-state index in [0.717, 1.165) is 6.42 Å². The molecule has 3 N–H and O–H groups in total. The van der Waals surface area contributed by atoms with Crippen molar-refractivity contribution < 1.29 is 9.50 Å². The molecular weight excluding hydrogens is 121 g/mol. The van der Waals surface area contributed by atoms with Gasteiger partial charge in [-0.05, 0) is 19.3 Å². The first-order valence-electron chi connectivity index (χ1n) is 3.28. The van der Waals surface area contributed by atoms with Gasteiger partial charge >= 0.3 is 0 Å². The van der Waals surface area contributed by atoms with Gasteiger partial charge in [-0.1, -0.05) is 0 Å². The van der Waals surface area contributed by atoms with Crippen LogP contribution in [0.2, 0.25) is 0 Å². The highest BCUT2D eigenvalue weighted by molar-refractivity contribution is 4.80. The fourth-order valence-corrected chi connectivity index (χ4v) is 1.13. The molecule has 0 saturated heterocycles. The summed E-state index contributed by atoms with van der Waals surface area (Å²) in [6.07, 6.45) is -0.260. The normalized spacial score (nSPS) is 45.0. The number of hydrogen-bond acceptors (Lipinski definition) is 2. The van der Waals surface area contributed by atoms with E-state index in [4.69, 9.17) is 10.8 Å². The third kappa shape index (κ3) is 1.63. The zero-order valence-corrected chi connectivity index (χ0v) is 5.26. The Morgan fingerprint density at radius 1 is 1.44 bits per heavy atom. The molecule has 3 atom stereocenters. The molecule has 0 amide bonds. The molecule has 0 aromatic rings. The van der Waals surface area contributed by atoms with Gasteiger partial charge in [0.05, 0.1) is 6.10 Å². The first kappa shape index (κ1) is 6.96. The molecule has 1 aliphatic rings. The molecule has 1 aliphatic carbocycles. The van der Waals surface area contributed by atoms with Gasteiger partial charge in [-0.2, -0.15) is 0 Å². The SMILES string of the molecule is N[C@@H]1CC[C@H](O)[C@@H](F)C1. The molecule has 0 spiro atoms. The Morgan fingerprint density at radius 3 is 2.56 bits per heavy atom. The van der Waals surface area contributed by atoms with Crippen LogP contribution in [-0.4, -0.2) is 23.4 Å². The molecule has 0 heterocycles. The fourth-order valence-electron chi connectivity index (χ4n) is 1.13. The molecule has 1 rings (SSSR count). The van der Waals surface area contributed by atoms with Crippen molar-refractivity contribution >= 4 is 0 Å². The van der Waals surface area contributed by atoms with Crippen molar-refractivity contribution in [2.75, 3.05) is 0 Å². The van der Waals surface area contributed by atoms with Crippen molar-refractivity contribution in [3.63, 3.8) is 0 Å². The Morgan fingerprint density at radius 2 is 2.11 bits per heavy atom. The highest BCUT2D eigenvalue weighted by atomic mass is 19.1. The molecular formula is C6H12FNO. The second kappa shape index (κ2) is 2.62. The van der Waals surface area contributed by atoms with Gasteiger partial charge in [-0.3, -0.25) is 0 Å². The average Bonchev–Trinajstić information content (AvgIpc) is 1.80. The number of rotatable bonds is 0. The van der Waals surface area contributed by atoms with Gasteiger partial charge in [0.2, 0.25) is 0 Å². The van der Waals surface area contributed by atoms with Crippen molar-refractivity contribution in [2.45, 2.75) is 37.6 Å². The minimum atomic E-state index is -1.09. The molecule has 1 saturated carbocycles. The Bertz CT molecular complexity index is 99.1. The minimum Gasteiger partial charge on any atom is -0.390 e. The van der Waals surface area contributed by atoms with Crippen molar-refractivity contribution in [3.8, 4) is 0 Å². The van der Waals surface area contributed by atoms with E-state index in [2.05, 4.69) is 0 Å². The molecule has 0 aromatic heterocycles. The van der Waals surface area contributed by atoms with Crippen LogP contribution in [0.5, 0.6) is 0 Å². The van der Waals surface area contributed by atoms with Crippen molar-refractivity contribution in [2.24, 2.45) is 5.73 Å². The second-order valence-electron chi connectivity index (χ2n) is 2.66. The third-order valence-corrected chi connectivity index (χ3v) is 1.78. The van der Waals surface area contributed by atoms with Crippen LogP contribution in [0.25, 0.3) is 0 Å². The van der Waals surface area contributed by atoms with Crippen molar-refractivity contribution in [3.05, 3.63) is 0 Å². The first-order valence-corrected chi connectivity index (χ1v) is 3.28. The molecule has 1 fully saturated rings. The summed E-state index contributed by atoms with van der Waals surface area (Å²) in [4.78, 5) is 0. The monoisotopic (exact) mass is 133 g/mol. The number of halogens is 1. The van der Waals surface area contributed by atoms with Crippen LogP contribution in [-0.2, 0) is 0 Å². The van der Waals surface area contributed by atoms with E-state index in [9.17, 15) is 4.39 Å². The molecule has 0 bridgehead atoms. The number of aliphatic hydroxyl groups is 1. The molecule has 0 aliphatic heterocycles. The topological polar surface area (TPSA) is 46.2 Å². The summed E-state index contributed by atoms with van der Waals surface area (Å²) < 4.78 is 12.5. The Labute approximate surface area is 53.9 Å². The van der Waals surface area contributed by atoms with Crippen LogP contribution in [0.3, 0.4) is 0 Å². The predicted octanol–water partition coefficient (Wildman–Crippen LogP) is 0.197. The highest BCUT2D eigenvalue weighted by Gasteiger charge is 2.26. The smallest absolute Gasteiger partial charge is 0.127 e. The van der Waals surface area contributed by atoms with Crippen LogP contribution in [0.15, 0.2) is 0 Å². The summed E-state index contributed by atoms with van der Waals surface area (Å²) in [6, 6.07) is -0.0385. The van der Waals surface area contributed by atoms with Crippen LogP contribution in [0.4, 0.5) is 4.39 Å². The lowest BCUT2D eigenvalue weighted by Gasteiger charge is -2.25. The van der Waals surface area contributed by atoms with Crippen LogP contribution in [0.1, 0.15) is 19.3 Å². The lowest BCUT2D eigenvalue weighted by molar-refractivity contribution is 0.0378. The van der Waals surface area contributed by atoms with Gasteiger partial charge < -0.3 is 10.8 Å². The summed E-state index contributed by atoms with van der Waals surface area (Å²) in [5.74, 6) is 0. The molecule has 0 aromatic carbocycles. The maximum absolute atomic E-state index is 12.5. The Balaban J connectivity index is 2.35. The van der Waals surface area contributed by atoms with Crippen molar-refractivity contribution in [1.82, 2.24) is 0 Å². The summed E-state index contributed by atoms with van der Waals surface area (Å²) in [7, 11) is 0. The minimum absolute atomic E-state index is 0.0385.